The number of phenolic OH excluding ortho intramolecular Hbond substituents is 1. The highest BCUT2D eigenvalue weighted by Crippen LogP contribution is 2.20. The van der Waals surface area contributed by atoms with Crippen molar-refractivity contribution in [1.82, 2.24) is 0 Å². The van der Waals surface area contributed by atoms with E-state index in [4.69, 9.17) is 16.7 Å². The molecule has 0 saturated heterocycles. The lowest BCUT2D eigenvalue weighted by Gasteiger charge is -1.89. The maximum atomic E-state index is 10.0. The minimum absolute atomic E-state index is 0.133. The number of non-ortho nitro benzene ring substituents is 1. The number of nitrogens with zero attached hydrogens (tertiary/aromatic N) is 1. The molecule has 2 aromatic carbocycles. The summed E-state index contributed by atoms with van der Waals surface area (Å²) in [7, 11) is 0. The highest BCUT2D eigenvalue weighted by atomic mass is 35.5. The van der Waals surface area contributed by atoms with E-state index in [0.29, 0.717) is 5.02 Å². The fraction of sp³-hybridized carbons (Fsp3) is 0. The Morgan fingerprint density at radius 3 is 1.88 bits per heavy atom. The largest absolute Gasteiger partial charge is 0.506 e. The number of para-hydroxylation sites is 2. The summed E-state index contributed by atoms with van der Waals surface area (Å²) in [5.74, 6) is 0.133. The summed E-state index contributed by atoms with van der Waals surface area (Å²) < 4.78 is 0. The lowest BCUT2D eigenvalue weighted by Crippen LogP contribution is -1.84. The quantitative estimate of drug-likeness (QED) is 0.622. The molecule has 0 aliphatic carbocycles. The van der Waals surface area contributed by atoms with Crippen LogP contribution in [0.15, 0.2) is 54.6 Å². The van der Waals surface area contributed by atoms with Gasteiger partial charge in [-0.2, -0.15) is 0 Å². The molecule has 88 valence electrons. The van der Waals surface area contributed by atoms with Gasteiger partial charge < -0.3 is 5.11 Å². The second-order valence-corrected chi connectivity index (χ2v) is 3.45. The summed E-state index contributed by atoms with van der Waals surface area (Å²) in [4.78, 5) is 9.59. The summed E-state index contributed by atoms with van der Waals surface area (Å²) in [6.07, 6.45) is 0. The summed E-state index contributed by atoms with van der Waals surface area (Å²) in [5, 5.41) is 19.2. The van der Waals surface area contributed by atoms with Gasteiger partial charge in [0.05, 0.1) is 9.95 Å². The van der Waals surface area contributed by atoms with E-state index in [1.165, 1.54) is 12.1 Å². The molecule has 0 saturated carbocycles. The molecule has 2 rings (SSSR count). The molecular formula is C12H10ClNO3. The topological polar surface area (TPSA) is 63.4 Å². The van der Waals surface area contributed by atoms with Crippen molar-refractivity contribution in [3.05, 3.63) is 69.7 Å². The highest BCUT2D eigenvalue weighted by molar-refractivity contribution is 6.31. The van der Waals surface area contributed by atoms with E-state index in [1.54, 1.807) is 42.5 Å². The van der Waals surface area contributed by atoms with Gasteiger partial charge in [-0.25, -0.2) is 0 Å². The number of benzene rings is 2. The Balaban J connectivity index is 0.000000171. The van der Waals surface area contributed by atoms with Crippen molar-refractivity contribution in [2.75, 3.05) is 0 Å². The maximum Gasteiger partial charge on any atom is 0.269 e. The van der Waals surface area contributed by atoms with Crippen LogP contribution in [0.4, 0.5) is 5.69 Å². The molecule has 2 aromatic rings. The molecule has 0 spiro atoms. The van der Waals surface area contributed by atoms with E-state index >= 15 is 0 Å². The number of nitro benzene ring substituents is 1. The zero-order valence-corrected chi connectivity index (χ0v) is 9.54. The molecule has 0 heterocycles. The molecular weight excluding hydrogens is 242 g/mol. The second kappa shape index (κ2) is 6.50. The normalized spacial score (nSPS) is 9.00. The zero-order chi connectivity index (χ0) is 12.7. The van der Waals surface area contributed by atoms with Crippen molar-refractivity contribution in [3.8, 4) is 5.75 Å². The Hall–Kier alpha value is -2.07. The molecule has 0 fully saturated rings. The summed E-state index contributed by atoms with van der Waals surface area (Å²) in [6.45, 7) is 0. The van der Waals surface area contributed by atoms with Crippen molar-refractivity contribution in [1.29, 1.82) is 0 Å². The van der Waals surface area contributed by atoms with Gasteiger partial charge in [-0.15, -0.1) is 0 Å². The standard InChI is InChI=1S/C6H5ClO.C6H5NO2/c7-5-3-1-2-4-6(5)8;8-7(9)6-4-2-1-3-5-6/h1-4,8H;1-5H. The third-order valence-corrected chi connectivity index (χ3v) is 2.14. The van der Waals surface area contributed by atoms with Crippen LogP contribution in [0, 0.1) is 10.1 Å². The van der Waals surface area contributed by atoms with Gasteiger partial charge in [0, 0.05) is 12.1 Å². The Labute approximate surface area is 103 Å². The predicted octanol–water partition coefficient (Wildman–Crippen LogP) is 3.64. The van der Waals surface area contributed by atoms with Crippen LogP contribution in [0.3, 0.4) is 0 Å². The average Bonchev–Trinajstić information content (AvgIpc) is 2.35. The van der Waals surface area contributed by atoms with Crippen molar-refractivity contribution in [3.63, 3.8) is 0 Å². The lowest BCUT2D eigenvalue weighted by atomic mass is 10.3. The Morgan fingerprint density at radius 1 is 1.00 bits per heavy atom. The van der Waals surface area contributed by atoms with E-state index in [1.807, 2.05) is 0 Å². The van der Waals surface area contributed by atoms with E-state index in [-0.39, 0.29) is 11.4 Å². The SMILES string of the molecule is O=[N+]([O-])c1ccccc1.Oc1ccccc1Cl. The van der Waals surface area contributed by atoms with Gasteiger partial charge in [0.25, 0.3) is 5.69 Å². The number of aromatic hydroxyl groups is 1. The minimum Gasteiger partial charge on any atom is -0.506 e. The molecule has 0 aromatic heterocycles. The van der Waals surface area contributed by atoms with Crippen molar-refractivity contribution in [2.24, 2.45) is 0 Å². The zero-order valence-electron chi connectivity index (χ0n) is 8.79. The van der Waals surface area contributed by atoms with E-state index < -0.39 is 4.92 Å². The van der Waals surface area contributed by atoms with E-state index in [9.17, 15) is 10.1 Å². The fourth-order valence-corrected chi connectivity index (χ4v) is 1.14. The fourth-order valence-electron chi connectivity index (χ4n) is 1.00. The number of hydrogen-bond acceptors (Lipinski definition) is 3. The van der Waals surface area contributed by atoms with Gasteiger partial charge >= 0.3 is 0 Å². The van der Waals surface area contributed by atoms with Crippen LogP contribution in [0.25, 0.3) is 0 Å². The smallest absolute Gasteiger partial charge is 0.269 e. The Morgan fingerprint density at radius 2 is 1.53 bits per heavy atom. The third-order valence-electron chi connectivity index (χ3n) is 1.82. The van der Waals surface area contributed by atoms with Crippen LogP contribution in [-0.4, -0.2) is 10.0 Å². The number of rotatable bonds is 1. The molecule has 0 unspecified atom stereocenters. The average molecular weight is 252 g/mol. The van der Waals surface area contributed by atoms with Crippen molar-refractivity contribution in [2.45, 2.75) is 0 Å². The van der Waals surface area contributed by atoms with Crippen molar-refractivity contribution < 1.29 is 10.0 Å². The van der Waals surface area contributed by atoms with Crippen LogP contribution >= 0.6 is 11.6 Å². The van der Waals surface area contributed by atoms with Gasteiger partial charge in [-0.1, -0.05) is 41.9 Å². The van der Waals surface area contributed by atoms with Crippen molar-refractivity contribution >= 4 is 17.3 Å². The molecule has 17 heavy (non-hydrogen) atoms. The summed E-state index contributed by atoms with van der Waals surface area (Å²) in [6, 6.07) is 14.6. The van der Waals surface area contributed by atoms with Crippen LogP contribution in [0.2, 0.25) is 5.02 Å². The molecule has 0 aliphatic rings. The molecule has 0 aliphatic heterocycles. The number of halogens is 1. The summed E-state index contributed by atoms with van der Waals surface area (Å²) in [5.41, 5.74) is 0.137. The van der Waals surface area contributed by atoms with Gasteiger partial charge in [-0.05, 0) is 12.1 Å². The van der Waals surface area contributed by atoms with Gasteiger partial charge in [0.2, 0.25) is 0 Å². The lowest BCUT2D eigenvalue weighted by molar-refractivity contribution is -0.384. The van der Waals surface area contributed by atoms with Crippen LogP contribution in [-0.2, 0) is 0 Å². The van der Waals surface area contributed by atoms with Crippen LogP contribution in [0.1, 0.15) is 0 Å². The third kappa shape index (κ3) is 4.53. The van der Waals surface area contributed by atoms with Gasteiger partial charge in [0.1, 0.15) is 5.75 Å². The highest BCUT2D eigenvalue weighted by Gasteiger charge is 1.98. The molecule has 4 nitrogen and oxygen atoms in total. The minimum atomic E-state index is -0.417. The molecule has 0 atom stereocenters. The van der Waals surface area contributed by atoms with E-state index in [0.717, 1.165) is 0 Å². The van der Waals surface area contributed by atoms with Gasteiger partial charge in [-0.3, -0.25) is 10.1 Å². The van der Waals surface area contributed by atoms with E-state index in [2.05, 4.69) is 0 Å². The molecule has 0 amide bonds. The molecule has 5 heteroatoms. The molecule has 0 bridgehead atoms. The number of nitro groups is 1. The first-order valence-corrected chi connectivity index (χ1v) is 5.12. The van der Waals surface area contributed by atoms with Crippen LogP contribution in [0.5, 0.6) is 5.75 Å². The maximum absolute atomic E-state index is 10.0. The predicted molar refractivity (Wildman–Crippen MR) is 66.2 cm³/mol. The number of hydrogen-bond donors (Lipinski definition) is 1. The first-order chi connectivity index (χ1) is 8.11. The van der Waals surface area contributed by atoms with Gasteiger partial charge in [0.15, 0.2) is 0 Å². The monoisotopic (exact) mass is 251 g/mol. The first kappa shape index (κ1) is 13.0. The molecule has 0 radical (unpaired) electrons. The Bertz CT molecular complexity index is 467. The first-order valence-electron chi connectivity index (χ1n) is 4.74. The number of phenols is 1. The van der Waals surface area contributed by atoms with Crippen LogP contribution < -0.4 is 0 Å². The Kier molecular flexibility index (Phi) is 4.97. The summed E-state index contributed by atoms with van der Waals surface area (Å²) >= 11 is 5.46. The molecule has 1 N–H and O–H groups in total. The second-order valence-electron chi connectivity index (χ2n) is 3.04.